The van der Waals surface area contributed by atoms with Crippen LogP contribution in [0.4, 0.5) is 0 Å². The van der Waals surface area contributed by atoms with Crippen molar-refractivity contribution in [3.05, 3.63) is 0 Å². The van der Waals surface area contributed by atoms with E-state index in [9.17, 15) is 4.79 Å². The molecule has 0 amide bonds. The maximum absolute atomic E-state index is 11.0. The first kappa shape index (κ1) is 19.9. The minimum absolute atomic E-state index is 0.0954. The van der Waals surface area contributed by atoms with Crippen LogP contribution in [0.2, 0.25) is 0 Å². The normalized spacial score (nSPS) is 28.3. The van der Waals surface area contributed by atoms with Crippen LogP contribution in [0.25, 0.3) is 0 Å². The maximum atomic E-state index is 11.0. The maximum Gasteiger partial charge on any atom is 0.328 e. The SMILES string of the molecule is O=C(O)CN1CCN2CCCN(CCN(COP(O)O)CC2)CC1. The lowest BCUT2D eigenvalue weighted by Crippen LogP contribution is -2.49. The molecule has 2 aliphatic heterocycles. The molecule has 2 bridgehead atoms. The molecule has 24 heavy (non-hydrogen) atoms. The van der Waals surface area contributed by atoms with Gasteiger partial charge in [-0.2, -0.15) is 0 Å². The highest BCUT2D eigenvalue weighted by molar-refractivity contribution is 7.39. The van der Waals surface area contributed by atoms with Crippen molar-refractivity contribution in [2.24, 2.45) is 0 Å². The fourth-order valence-corrected chi connectivity index (χ4v) is 3.42. The van der Waals surface area contributed by atoms with Crippen LogP contribution in [0.5, 0.6) is 0 Å². The fourth-order valence-electron chi connectivity index (χ4n) is 3.16. The van der Waals surface area contributed by atoms with Crippen LogP contribution >= 0.6 is 8.60 Å². The summed E-state index contributed by atoms with van der Waals surface area (Å²) < 4.78 is 4.98. The number of hydrogen-bond donors (Lipinski definition) is 3. The number of fused-ring (bicyclic) bond motifs is 4. The van der Waals surface area contributed by atoms with E-state index in [-0.39, 0.29) is 13.3 Å². The molecule has 2 heterocycles. The van der Waals surface area contributed by atoms with Gasteiger partial charge in [0.15, 0.2) is 0 Å². The number of rotatable bonds is 5. The second kappa shape index (κ2) is 10.6. The molecule has 2 saturated heterocycles. The van der Waals surface area contributed by atoms with Crippen LogP contribution in [0.15, 0.2) is 0 Å². The number of nitrogens with zero attached hydrogens (tertiary/aromatic N) is 4. The lowest BCUT2D eigenvalue weighted by atomic mass is 10.2. The van der Waals surface area contributed by atoms with Gasteiger partial charge in [-0.1, -0.05) is 0 Å². The summed E-state index contributed by atoms with van der Waals surface area (Å²) >= 11 is 0. The van der Waals surface area contributed by atoms with Crippen molar-refractivity contribution in [1.82, 2.24) is 19.6 Å². The molecule has 2 aliphatic rings. The summed E-state index contributed by atoms with van der Waals surface area (Å²) in [5.41, 5.74) is 0. The number of hydrogen-bond acceptors (Lipinski definition) is 8. The summed E-state index contributed by atoms with van der Waals surface area (Å²) in [6.07, 6.45) is 1.12. The molecule has 2 fully saturated rings. The molecule has 0 aromatic carbocycles. The molecular weight excluding hydrogens is 335 g/mol. The Hall–Kier alpha value is -0.380. The summed E-state index contributed by atoms with van der Waals surface area (Å²) in [4.78, 5) is 37.8. The Morgan fingerprint density at radius 3 is 1.79 bits per heavy atom. The highest BCUT2D eigenvalue weighted by Crippen LogP contribution is 2.24. The highest BCUT2D eigenvalue weighted by atomic mass is 31.2. The predicted molar refractivity (Wildman–Crippen MR) is 90.5 cm³/mol. The molecule has 0 spiro atoms. The average molecular weight is 364 g/mol. The highest BCUT2D eigenvalue weighted by Gasteiger charge is 2.20. The van der Waals surface area contributed by atoms with Crippen molar-refractivity contribution >= 4 is 14.6 Å². The minimum atomic E-state index is -2.32. The Morgan fingerprint density at radius 1 is 0.833 bits per heavy atom. The largest absolute Gasteiger partial charge is 0.480 e. The second-order valence-electron chi connectivity index (χ2n) is 6.34. The molecule has 140 valence electrons. The molecule has 2 rings (SSSR count). The fraction of sp³-hybridized carbons (Fsp3) is 0.929. The van der Waals surface area contributed by atoms with E-state index >= 15 is 0 Å². The third-order valence-corrected chi connectivity index (χ3v) is 4.94. The van der Waals surface area contributed by atoms with Gasteiger partial charge in [-0.3, -0.25) is 19.1 Å². The van der Waals surface area contributed by atoms with E-state index in [2.05, 4.69) is 14.7 Å². The van der Waals surface area contributed by atoms with Gasteiger partial charge in [0.1, 0.15) is 6.73 Å². The summed E-state index contributed by atoms with van der Waals surface area (Å²) in [6, 6.07) is 0. The Bertz CT molecular complexity index is 370. The van der Waals surface area contributed by atoms with Crippen LogP contribution < -0.4 is 0 Å². The van der Waals surface area contributed by atoms with Crippen molar-refractivity contribution in [2.45, 2.75) is 6.42 Å². The van der Waals surface area contributed by atoms with Gasteiger partial charge in [-0.25, -0.2) is 0 Å². The molecule has 2 unspecified atom stereocenters. The Labute approximate surface area is 144 Å². The van der Waals surface area contributed by atoms with E-state index in [0.29, 0.717) is 0 Å². The Morgan fingerprint density at radius 2 is 1.33 bits per heavy atom. The van der Waals surface area contributed by atoms with Gasteiger partial charge >= 0.3 is 14.6 Å². The first-order valence-corrected chi connectivity index (χ1v) is 9.61. The number of carbonyl (C=O) groups is 1. The van der Waals surface area contributed by atoms with Gasteiger partial charge in [0.05, 0.1) is 6.54 Å². The van der Waals surface area contributed by atoms with Crippen molar-refractivity contribution in [3.8, 4) is 0 Å². The molecule has 3 N–H and O–H groups in total. The zero-order valence-corrected chi connectivity index (χ0v) is 15.0. The number of carboxylic acids is 1. The summed E-state index contributed by atoms with van der Waals surface area (Å²) in [7, 11) is -2.32. The van der Waals surface area contributed by atoms with E-state index in [4.69, 9.17) is 19.4 Å². The molecule has 10 heteroatoms. The summed E-state index contributed by atoms with van der Waals surface area (Å²) in [5, 5.41) is 9.07. The van der Waals surface area contributed by atoms with Crippen LogP contribution in [0.3, 0.4) is 0 Å². The van der Waals surface area contributed by atoms with Crippen LogP contribution in [-0.4, -0.2) is 119 Å². The van der Waals surface area contributed by atoms with Gasteiger partial charge < -0.3 is 24.7 Å². The topological polar surface area (TPSA) is 100.0 Å². The lowest BCUT2D eigenvalue weighted by molar-refractivity contribution is -0.138. The molecule has 0 saturated carbocycles. The average Bonchev–Trinajstić information content (AvgIpc) is 2.53. The molecule has 0 aromatic heterocycles. The standard InChI is InChI=1S/C14H29N4O5P/c19-14(20)12-17-8-4-15-2-1-3-16(5-9-17)7-11-18(10-6-15)13-23-24(21)22/h21-22H,1-13H2,(H,19,20). The Balaban J connectivity index is 1.96. The van der Waals surface area contributed by atoms with Gasteiger partial charge in [-0.05, 0) is 19.5 Å². The van der Waals surface area contributed by atoms with Crippen LogP contribution in [0, 0.1) is 0 Å². The molecule has 0 aromatic rings. The van der Waals surface area contributed by atoms with E-state index in [1.165, 1.54) is 0 Å². The van der Waals surface area contributed by atoms with E-state index in [0.717, 1.165) is 71.9 Å². The first-order chi connectivity index (χ1) is 11.5. The minimum Gasteiger partial charge on any atom is -0.480 e. The third-order valence-electron chi connectivity index (χ3n) is 4.59. The van der Waals surface area contributed by atoms with E-state index in [1.807, 2.05) is 4.90 Å². The quantitative estimate of drug-likeness (QED) is 0.524. The number of aliphatic carboxylic acids is 1. The van der Waals surface area contributed by atoms with Crippen molar-refractivity contribution in [2.75, 3.05) is 78.7 Å². The summed E-state index contributed by atoms with van der Waals surface area (Å²) in [5.74, 6) is -0.773. The Kier molecular flexibility index (Phi) is 8.79. The first-order valence-electron chi connectivity index (χ1n) is 8.45. The molecule has 0 aliphatic carbocycles. The van der Waals surface area contributed by atoms with E-state index in [1.54, 1.807) is 0 Å². The predicted octanol–water partition coefficient (Wildman–Crippen LogP) is -1.12. The van der Waals surface area contributed by atoms with Crippen LogP contribution in [-0.2, 0) is 9.32 Å². The lowest BCUT2D eigenvalue weighted by Gasteiger charge is -2.36. The molecule has 2 atom stereocenters. The van der Waals surface area contributed by atoms with Gasteiger partial charge in [-0.15, -0.1) is 0 Å². The van der Waals surface area contributed by atoms with Gasteiger partial charge in [0.2, 0.25) is 0 Å². The van der Waals surface area contributed by atoms with Gasteiger partial charge in [0.25, 0.3) is 0 Å². The van der Waals surface area contributed by atoms with Crippen molar-refractivity contribution < 1.29 is 24.2 Å². The molecule has 0 radical (unpaired) electrons. The molecular formula is C14H29N4O5P. The monoisotopic (exact) mass is 364 g/mol. The van der Waals surface area contributed by atoms with Crippen molar-refractivity contribution in [3.63, 3.8) is 0 Å². The van der Waals surface area contributed by atoms with Gasteiger partial charge in [0, 0.05) is 52.4 Å². The third kappa shape index (κ3) is 7.67. The zero-order valence-electron chi connectivity index (χ0n) is 14.1. The van der Waals surface area contributed by atoms with Crippen molar-refractivity contribution in [1.29, 1.82) is 0 Å². The summed E-state index contributed by atoms with van der Waals surface area (Å²) in [6.45, 7) is 8.90. The van der Waals surface area contributed by atoms with E-state index < -0.39 is 14.6 Å². The smallest absolute Gasteiger partial charge is 0.328 e. The second-order valence-corrected chi connectivity index (χ2v) is 7.10. The van der Waals surface area contributed by atoms with Crippen LogP contribution in [0.1, 0.15) is 6.42 Å². The zero-order chi connectivity index (χ0) is 17.4. The molecule has 9 nitrogen and oxygen atoms in total. The number of carboxylic acid groups (broad SMARTS) is 1.